The fraction of sp³-hybridized carbons (Fsp3) is 0.111. The molecule has 90 valence electrons. The van der Waals surface area contributed by atoms with Crippen LogP contribution in [0.15, 0.2) is 35.6 Å². The average molecular weight is 253 g/mol. The molecule has 0 aliphatic heterocycles. The summed E-state index contributed by atoms with van der Waals surface area (Å²) in [4.78, 5) is 3.75. The number of nitrogens with one attached hydrogen (secondary N) is 1. The predicted molar refractivity (Wildman–Crippen MR) is 62.7 cm³/mol. The van der Waals surface area contributed by atoms with Gasteiger partial charge in [0.25, 0.3) is 10.0 Å². The summed E-state index contributed by atoms with van der Waals surface area (Å²) in [6.07, 6.45) is 4.33. The van der Waals surface area contributed by atoms with E-state index in [2.05, 4.69) is 14.8 Å². The molecule has 2 aromatic heterocycles. The number of anilines is 2. The molecular weight excluding hydrogens is 242 g/mol. The summed E-state index contributed by atoms with van der Waals surface area (Å²) in [5.41, 5.74) is 5.94. The third-order valence-electron chi connectivity index (χ3n) is 2.04. The number of rotatable bonds is 3. The van der Waals surface area contributed by atoms with E-state index in [1.165, 1.54) is 23.3 Å². The minimum Gasteiger partial charge on any atom is -0.381 e. The first-order valence-corrected chi connectivity index (χ1v) is 6.19. The lowest BCUT2D eigenvalue weighted by molar-refractivity contribution is 0.601. The quantitative estimate of drug-likeness (QED) is 0.813. The highest BCUT2D eigenvalue weighted by Crippen LogP contribution is 2.19. The number of aryl methyl sites for hydroxylation is 1. The molecule has 8 heteroatoms. The molecule has 0 spiro atoms. The first kappa shape index (κ1) is 11.4. The van der Waals surface area contributed by atoms with Crippen molar-refractivity contribution >= 4 is 21.5 Å². The van der Waals surface area contributed by atoms with Gasteiger partial charge in [-0.3, -0.25) is 14.4 Å². The maximum atomic E-state index is 12.0. The van der Waals surface area contributed by atoms with Crippen molar-refractivity contribution in [2.75, 3.05) is 10.5 Å². The van der Waals surface area contributed by atoms with Crippen molar-refractivity contribution in [3.8, 4) is 0 Å². The number of hydrogen-bond donors (Lipinski definition) is 2. The number of pyridine rings is 1. The van der Waals surface area contributed by atoms with E-state index in [9.17, 15) is 8.42 Å². The van der Waals surface area contributed by atoms with Gasteiger partial charge >= 0.3 is 0 Å². The zero-order valence-electron chi connectivity index (χ0n) is 9.03. The number of nitrogens with two attached hydrogens (primary N) is 1. The van der Waals surface area contributed by atoms with Crippen LogP contribution in [0.5, 0.6) is 0 Å². The summed E-state index contributed by atoms with van der Waals surface area (Å²) in [5.74, 6) is -0.0333. The molecule has 0 radical (unpaired) electrons. The smallest absolute Gasteiger partial charge is 0.267 e. The minimum absolute atomic E-state index is 0.0333. The van der Waals surface area contributed by atoms with Crippen LogP contribution in [-0.4, -0.2) is 23.2 Å². The van der Waals surface area contributed by atoms with Crippen molar-refractivity contribution in [2.45, 2.75) is 4.90 Å². The number of nitrogens with zero attached hydrogens (tertiary/aromatic N) is 3. The second kappa shape index (κ2) is 4.06. The summed E-state index contributed by atoms with van der Waals surface area (Å²) >= 11 is 0. The molecule has 17 heavy (non-hydrogen) atoms. The topological polar surface area (TPSA) is 103 Å². The standard InChI is InChI=1S/C9H11N5O2S/c1-14-6-8(9(10)12-14)17(15,16)13-7-2-4-11-5-3-7/h2-6H,1H3,(H2,10,12)(H,11,13). The second-order valence-electron chi connectivity index (χ2n) is 3.39. The maximum Gasteiger partial charge on any atom is 0.267 e. The highest BCUT2D eigenvalue weighted by atomic mass is 32.2. The average Bonchev–Trinajstić information content (AvgIpc) is 2.59. The monoisotopic (exact) mass is 253 g/mol. The summed E-state index contributed by atoms with van der Waals surface area (Å²) in [6.45, 7) is 0. The van der Waals surface area contributed by atoms with E-state index in [0.29, 0.717) is 5.69 Å². The van der Waals surface area contributed by atoms with E-state index in [-0.39, 0.29) is 10.7 Å². The van der Waals surface area contributed by atoms with Crippen LogP contribution in [0, 0.1) is 0 Å². The number of sulfonamides is 1. The zero-order chi connectivity index (χ0) is 12.5. The van der Waals surface area contributed by atoms with Crippen LogP contribution in [0.1, 0.15) is 0 Å². The van der Waals surface area contributed by atoms with Crippen LogP contribution < -0.4 is 10.5 Å². The maximum absolute atomic E-state index is 12.0. The zero-order valence-corrected chi connectivity index (χ0v) is 9.85. The van der Waals surface area contributed by atoms with Crippen LogP contribution in [0.3, 0.4) is 0 Å². The molecular formula is C9H11N5O2S. The van der Waals surface area contributed by atoms with Gasteiger partial charge in [0.05, 0.1) is 5.69 Å². The predicted octanol–water partition coefficient (Wildman–Crippen LogP) is 0.198. The first-order valence-electron chi connectivity index (χ1n) is 4.71. The van der Waals surface area contributed by atoms with Gasteiger partial charge in [-0.05, 0) is 12.1 Å². The van der Waals surface area contributed by atoms with Crippen LogP contribution >= 0.6 is 0 Å². The summed E-state index contributed by atoms with van der Waals surface area (Å²) < 4.78 is 27.7. The Morgan fingerprint density at radius 2 is 2.00 bits per heavy atom. The van der Waals surface area contributed by atoms with E-state index in [1.807, 2.05) is 0 Å². The normalized spacial score (nSPS) is 11.4. The molecule has 7 nitrogen and oxygen atoms in total. The Morgan fingerprint density at radius 3 is 2.53 bits per heavy atom. The Morgan fingerprint density at radius 1 is 1.35 bits per heavy atom. The Kier molecular flexibility index (Phi) is 2.72. The fourth-order valence-electron chi connectivity index (χ4n) is 1.32. The molecule has 0 aliphatic rings. The second-order valence-corrected chi connectivity index (χ2v) is 5.04. The molecule has 0 atom stereocenters. The largest absolute Gasteiger partial charge is 0.381 e. The lowest BCUT2D eigenvalue weighted by Gasteiger charge is -2.05. The molecule has 0 amide bonds. The van der Waals surface area contributed by atoms with Crippen LogP contribution in [0.25, 0.3) is 0 Å². The van der Waals surface area contributed by atoms with E-state index in [0.717, 1.165) is 0 Å². The molecule has 0 aliphatic carbocycles. The third-order valence-corrected chi connectivity index (χ3v) is 3.44. The van der Waals surface area contributed by atoms with E-state index in [4.69, 9.17) is 5.73 Å². The molecule has 0 unspecified atom stereocenters. The van der Waals surface area contributed by atoms with Crippen molar-refractivity contribution in [3.63, 3.8) is 0 Å². The molecule has 0 fully saturated rings. The van der Waals surface area contributed by atoms with Crippen molar-refractivity contribution < 1.29 is 8.42 Å². The minimum atomic E-state index is -3.71. The van der Waals surface area contributed by atoms with Gasteiger partial charge in [0.15, 0.2) is 5.82 Å². The Labute approximate surface area is 98.3 Å². The Balaban J connectivity index is 2.35. The lowest BCUT2D eigenvalue weighted by atomic mass is 10.4. The van der Waals surface area contributed by atoms with Gasteiger partial charge in [-0.25, -0.2) is 8.42 Å². The Hall–Kier alpha value is -2.09. The van der Waals surface area contributed by atoms with Gasteiger partial charge in [0.2, 0.25) is 0 Å². The van der Waals surface area contributed by atoms with Crippen LogP contribution in [-0.2, 0) is 17.1 Å². The summed E-state index contributed by atoms with van der Waals surface area (Å²) in [5, 5.41) is 3.78. The van der Waals surface area contributed by atoms with Gasteiger partial charge < -0.3 is 5.73 Å². The first-order chi connectivity index (χ1) is 7.99. The van der Waals surface area contributed by atoms with E-state index >= 15 is 0 Å². The summed E-state index contributed by atoms with van der Waals surface area (Å²) in [7, 11) is -2.11. The molecule has 2 heterocycles. The van der Waals surface area contributed by atoms with Crippen molar-refractivity contribution in [1.82, 2.24) is 14.8 Å². The Bertz CT molecular complexity index is 620. The molecule has 2 rings (SSSR count). The highest BCUT2D eigenvalue weighted by Gasteiger charge is 2.20. The molecule has 2 aromatic rings. The van der Waals surface area contributed by atoms with Gasteiger partial charge in [-0.15, -0.1) is 0 Å². The third kappa shape index (κ3) is 2.36. The highest BCUT2D eigenvalue weighted by molar-refractivity contribution is 7.92. The molecule has 0 saturated heterocycles. The van der Waals surface area contributed by atoms with E-state index < -0.39 is 10.0 Å². The molecule has 0 saturated carbocycles. The van der Waals surface area contributed by atoms with Gasteiger partial charge in [-0.1, -0.05) is 0 Å². The lowest BCUT2D eigenvalue weighted by Crippen LogP contribution is -2.13. The van der Waals surface area contributed by atoms with Crippen LogP contribution in [0.2, 0.25) is 0 Å². The van der Waals surface area contributed by atoms with Gasteiger partial charge in [0.1, 0.15) is 4.90 Å². The number of hydrogen-bond acceptors (Lipinski definition) is 5. The fourth-order valence-corrected chi connectivity index (χ4v) is 2.48. The molecule has 0 bridgehead atoms. The molecule has 3 N–H and O–H groups in total. The van der Waals surface area contributed by atoms with Crippen molar-refractivity contribution in [2.24, 2.45) is 7.05 Å². The number of nitrogen functional groups attached to an aromatic ring is 1. The van der Waals surface area contributed by atoms with Gasteiger partial charge in [0, 0.05) is 25.6 Å². The van der Waals surface area contributed by atoms with Crippen LogP contribution in [0.4, 0.5) is 11.5 Å². The SMILES string of the molecule is Cn1cc(S(=O)(=O)Nc2ccncc2)c(N)n1. The van der Waals surface area contributed by atoms with E-state index in [1.54, 1.807) is 19.2 Å². The van der Waals surface area contributed by atoms with Crippen molar-refractivity contribution in [1.29, 1.82) is 0 Å². The summed E-state index contributed by atoms with van der Waals surface area (Å²) in [6, 6.07) is 3.09. The molecule has 0 aromatic carbocycles. The van der Waals surface area contributed by atoms with Gasteiger partial charge in [-0.2, -0.15) is 5.10 Å². The number of aromatic nitrogens is 3. The van der Waals surface area contributed by atoms with Crippen molar-refractivity contribution in [3.05, 3.63) is 30.7 Å².